The van der Waals surface area contributed by atoms with Crippen molar-refractivity contribution in [1.29, 1.82) is 0 Å². The quantitative estimate of drug-likeness (QED) is 0.431. The number of methoxy groups -OCH3 is 1. The van der Waals surface area contributed by atoms with Crippen LogP contribution in [0.3, 0.4) is 0 Å². The molecule has 0 saturated heterocycles. The fraction of sp³-hybridized carbons (Fsp3) is 0.292. The van der Waals surface area contributed by atoms with E-state index in [2.05, 4.69) is 20.6 Å². The molecule has 8 nitrogen and oxygen atoms in total. The molecule has 0 radical (unpaired) electrons. The second kappa shape index (κ2) is 9.83. The van der Waals surface area contributed by atoms with Gasteiger partial charge in [-0.2, -0.15) is 0 Å². The monoisotopic (exact) mass is 450 g/mol. The second-order valence-electron chi connectivity index (χ2n) is 8.09. The zero-order valence-electron chi connectivity index (χ0n) is 18.3. The number of benzene rings is 1. The first-order valence-electron chi connectivity index (χ1n) is 10.8. The second-order valence-corrected chi connectivity index (χ2v) is 8.09. The highest BCUT2D eigenvalue weighted by atomic mass is 19.1. The summed E-state index contributed by atoms with van der Waals surface area (Å²) in [4.78, 5) is 20.6. The molecule has 2 aromatic heterocycles. The van der Waals surface area contributed by atoms with Crippen LogP contribution in [0.5, 0.6) is 5.75 Å². The number of nitrogens with one attached hydrogen (secondary N) is 2. The van der Waals surface area contributed by atoms with Crippen molar-refractivity contribution >= 4 is 23.2 Å². The Balaban J connectivity index is 1.63. The highest BCUT2D eigenvalue weighted by molar-refractivity contribution is 5.98. The number of nitrogens with two attached hydrogens (primary N) is 2. The minimum Gasteiger partial charge on any atom is -0.497 e. The summed E-state index contributed by atoms with van der Waals surface area (Å²) in [7, 11) is 1.61. The van der Waals surface area contributed by atoms with Gasteiger partial charge in [-0.3, -0.25) is 9.78 Å². The maximum absolute atomic E-state index is 14.7. The maximum Gasteiger partial charge on any atom is 0.252 e. The number of carbonyl (C=O) groups is 1. The molecule has 4 rings (SSSR count). The van der Waals surface area contributed by atoms with Gasteiger partial charge in [-0.05, 0) is 42.7 Å². The first kappa shape index (κ1) is 22.5. The lowest BCUT2D eigenvalue weighted by molar-refractivity contribution is 0.100. The van der Waals surface area contributed by atoms with Gasteiger partial charge in [0.05, 0.1) is 24.6 Å². The number of amides is 1. The van der Waals surface area contributed by atoms with Gasteiger partial charge in [0.2, 0.25) is 0 Å². The SMILES string of the molecule is COc1ccc(-c2cncc(Nc3nc(NC4CCCCC4N)c(F)cc3C(N)=O)c2)cc1. The van der Waals surface area contributed by atoms with Gasteiger partial charge in [-0.15, -0.1) is 0 Å². The number of rotatable bonds is 7. The Morgan fingerprint density at radius 3 is 2.55 bits per heavy atom. The zero-order chi connectivity index (χ0) is 23.4. The molecule has 1 fully saturated rings. The summed E-state index contributed by atoms with van der Waals surface area (Å²) in [6.45, 7) is 0. The normalized spacial score (nSPS) is 17.9. The Hall–Kier alpha value is -3.72. The van der Waals surface area contributed by atoms with Gasteiger partial charge in [0, 0.05) is 23.8 Å². The largest absolute Gasteiger partial charge is 0.497 e. The Morgan fingerprint density at radius 2 is 1.85 bits per heavy atom. The zero-order valence-corrected chi connectivity index (χ0v) is 18.3. The number of aromatic nitrogens is 2. The third-order valence-corrected chi connectivity index (χ3v) is 5.81. The number of carbonyl (C=O) groups excluding carboxylic acids is 1. The summed E-state index contributed by atoms with van der Waals surface area (Å²) in [6.07, 6.45) is 7.08. The van der Waals surface area contributed by atoms with E-state index in [-0.39, 0.29) is 29.3 Å². The van der Waals surface area contributed by atoms with Crippen molar-refractivity contribution in [1.82, 2.24) is 9.97 Å². The number of pyridine rings is 2. The number of ether oxygens (including phenoxy) is 1. The molecule has 9 heteroatoms. The van der Waals surface area contributed by atoms with Crippen LogP contribution < -0.4 is 26.8 Å². The Morgan fingerprint density at radius 1 is 1.09 bits per heavy atom. The highest BCUT2D eigenvalue weighted by Crippen LogP contribution is 2.29. The van der Waals surface area contributed by atoms with E-state index in [1.807, 2.05) is 30.3 Å². The lowest BCUT2D eigenvalue weighted by Gasteiger charge is -2.30. The lowest BCUT2D eigenvalue weighted by Crippen LogP contribution is -2.43. The maximum atomic E-state index is 14.7. The average molecular weight is 451 g/mol. The number of anilines is 3. The van der Waals surface area contributed by atoms with Crippen LogP contribution in [-0.4, -0.2) is 35.1 Å². The number of halogens is 1. The molecule has 3 aromatic rings. The average Bonchev–Trinajstić information content (AvgIpc) is 2.82. The van der Waals surface area contributed by atoms with Gasteiger partial charge < -0.3 is 26.8 Å². The minimum atomic E-state index is -0.788. The van der Waals surface area contributed by atoms with Gasteiger partial charge in [0.15, 0.2) is 11.6 Å². The Labute approximate surface area is 191 Å². The molecular formula is C24H27FN6O2. The highest BCUT2D eigenvalue weighted by Gasteiger charge is 2.24. The molecule has 2 heterocycles. The Bertz CT molecular complexity index is 1140. The smallest absolute Gasteiger partial charge is 0.252 e. The molecule has 0 aliphatic heterocycles. The van der Waals surface area contributed by atoms with E-state index in [4.69, 9.17) is 16.2 Å². The predicted molar refractivity (Wildman–Crippen MR) is 126 cm³/mol. The summed E-state index contributed by atoms with van der Waals surface area (Å²) in [6, 6.07) is 10.3. The van der Waals surface area contributed by atoms with Crippen LogP contribution in [0.2, 0.25) is 0 Å². The van der Waals surface area contributed by atoms with Crippen molar-refractivity contribution in [3.8, 4) is 16.9 Å². The van der Waals surface area contributed by atoms with Crippen molar-refractivity contribution in [3.63, 3.8) is 0 Å². The van der Waals surface area contributed by atoms with Crippen LogP contribution in [0.15, 0.2) is 48.8 Å². The summed E-state index contributed by atoms with van der Waals surface area (Å²) < 4.78 is 19.9. The van der Waals surface area contributed by atoms with Gasteiger partial charge in [0.1, 0.15) is 11.6 Å². The van der Waals surface area contributed by atoms with E-state index in [1.165, 1.54) is 0 Å². The fourth-order valence-electron chi connectivity index (χ4n) is 3.97. The predicted octanol–water partition coefficient (Wildman–Crippen LogP) is 3.82. The molecule has 6 N–H and O–H groups in total. The molecule has 1 amide bonds. The molecule has 33 heavy (non-hydrogen) atoms. The first-order chi connectivity index (χ1) is 15.9. The van der Waals surface area contributed by atoms with E-state index >= 15 is 0 Å². The van der Waals surface area contributed by atoms with Crippen molar-refractivity contribution in [2.75, 3.05) is 17.7 Å². The minimum absolute atomic E-state index is 0.0316. The lowest BCUT2D eigenvalue weighted by atomic mass is 9.91. The topological polar surface area (TPSA) is 128 Å². The molecule has 1 saturated carbocycles. The van der Waals surface area contributed by atoms with Gasteiger partial charge in [0.25, 0.3) is 5.91 Å². The van der Waals surface area contributed by atoms with Crippen LogP contribution in [0.25, 0.3) is 11.1 Å². The van der Waals surface area contributed by atoms with E-state index < -0.39 is 11.7 Å². The van der Waals surface area contributed by atoms with Crippen molar-refractivity contribution in [3.05, 3.63) is 60.2 Å². The summed E-state index contributed by atoms with van der Waals surface area (Å²) in [5, 5.41) is 6.17. The van der Waals surface area contributed by atoms with E-state index in [0.717, 1.165) is 48.6 Å². The number of nitrogens with zero attached hydrogens (tertiary/aromatic N) is 2. The summed E-state index contributed by atoms with van der Waals surface area (Å²) >= 11 is 0. The standard InChI is InChI=1S/C24H27FN6O2/c1-33-17-8-6-14(7-9-17)15-10-16(13-28-12-15)29-23-18(22(27)32)11-19(25)24(31-23)30-21-5-3-2-4-20(21)26/h6-13,20-21H,2-5,26H2,1H3,(H2,27,32)(H2,29,30,31). The molecule has 2 atom stereocenters. The van der Waals surface area contributed by atoms with Gasteiger partial charge in [-0.1, -0.05) is 25.0 Å². The molecule has 1 aliphatic rings. The molecular weight excluding hydrogens is 423 g/mol. The molecule has 1 aromatic carbocycles. The van der Waals surface area contributed by atoms with E-state index in [0.29, 0.717) is 5.69 Å². The van der Waals surface area contributed by atoms with Crippen molar-refractivity contribution in [2.45, 2.75) is 37.8 Å². The van der Waals surface area contributed by atoms with E-state index in [9.17, 15) is 9.18 Å². The molecule has 1 aliphatic carbocycles. The summed E-state index contributed by atoms with van der Waals surface area (Å²) in [5.74, 6) is -0.518. The van der Waals surface area contributed by atoms with Crippen LogP contribution >= 0.6 is 0 Å². The van der Waals surface area contributed by atoms with Crippen molar-refractivity contribution in [2.24, 2.45) is 11.5 Å². The molecule has 0 spiro atoms. The number of hydrogen-bond donors (Lipinski definition) is 4. The van der Waals surface area contributed by atoms with E-state index in [1.54, 1.807) is 19.5 Å². The van der Waals surface area contributed by atoms with Gasteiger partial charge >= 0.3 is 0 Å². The number of primary amides is 1. The molecule has 2 unspecified atom stereocenters. The summed E-state index contributed by atoms with van der Waals surface area (Å²) in [5.41, 5.74) is 14.0. The van der Waals surface area contributed by atoms with Crippen LogP contribution in [-0.2, 0) is 0 Å². The molecule has 0 bridgehead atoms. The third-order valence-electron chi connectivity index (χ3n) is 5.81. The van der Waals surface area contributed by atoms with Crippen molar-refractivity contribution < 1.29 is 13.9 Å². The van der Waals surface area contributed by atoms with Crippen LogP contribution in [0.4, 0.5) is 21.7 Å². The Kier molecular flexibility index (Phi) is 6.69. The van der Waals surface area contributed by atoms with Gasteiger partial charge in [-0.25, -0.2) is 9.37 Å². The fourth-order valence-corrected chi connectivity index (χ4v) is 3.97. The first-order valence-corrected chi connectivity index (χ1v) is 10.8. The van der Waals surface area contributed by atoms with Crippen LogP contribution in [0.1, 0.15) is 36.0 Å². The third kappa shape index (κ3) is 5.20. The molecule has 172 valence electrons. The number of hydrogen-bond acceptors (Lipinski definition) is 7. The van der Waals surface area contributed by atoms with Crippen LogP contribution in [0, 0.1) is 5.82 Å².